The molecule has 2 N–H and O–H groups in total. The van der Waals surface area contributed by atoms with Crippen molar-refractivity contribution in [2.24, 2.45) is 17.8 Å². The summed E-state index contributed by atoms with van der Waals surface area (Å²) in [5, 5.41) is 19.6. The van der Waals surface area contributed by atoms with Gasteiger partial charge in [-0.3, -0.25) is 0 Å². The Bertz CT molecular complexity index is 375. The van der Waals surface area contributed by atoms with Crippen molar-refractivity contribution in [1.29, 1.82) is 0 Å². The molecule has 1 saturated carbocycles. The summed E-state index contributed by atoms with van der Waals surface area (Å²) in [5.41, 5.74) is 0.678. The van der Waals surface area contributed by atoms with E-state index in [-0.39, 0.29) is 6.10 Å². The second kappa shape index (κ2) is 11.9. The van der Waals surface area contributed by atoms with Crippen LogP contribution in [0.5, 0.6) is 0 Å². The Morgan fingerprint density at radius 3 is 2.33 bits per heavy atom. The molecule has 24 heavy (non-hydrogen) atoms. The average molecular weight is 339 g/mol. The van der Waals surface area contributed by atoms with Crippen LogP contribution < -0.4 is 0 Å². The molecule has 1 aliphatic carbocycles. The van der Waals surface area contributed by atoms with Crippen molar-refractivity contribution < 1.29 is 10.2 Å². The highest BCUT2D eigenvalue weighted by Crippen LogP contribution is 2.33. The highest BCUT2D eigenvalue weighted by atomic mass is 16.3. The summed E-state index contributed by atoms with van der Waals surface area (Å²) in [6, 6.07) is 0. The Morgan fingerprint density at radius 1 is 1.25 bits per heavy atom. The van der Waals surface area contributed by atoms with Crippen LogP contribution in [0.25, 0.3) is 0 Å². The monoisotopic (exact) mass is 338 g/mol. The lowest BCUT2D eigenvalue weighted by Crippen LogP contribution is -2.31. The largest absolute Gasteiger partial charge is 0.393 e. The minimum Gasteiger partial charge on any atom is -0.393 e. The first-order valence-corrected chi connectivity index (χ1v) is 9.80. The third kappa shape index (κ3) is 11.0. The van der Waals surface area contributed by atoms with Crippen LogP contribution >= 0.6 is 0 Å². The van der Waals surface area contributed by atoms with E-state index in [1.807, 2.05) is 19.1 Å². The molecular weight excluding hydrogens is 296 g/mol. The molecule has 0 radical (unpaired) electrons. The molecule has 0 amide bonds. The molecule has 1 aliphatic rings. The fourth-order valence-electron chi connectivity index (χ4n) is 3.26. The van der Waals surface area contributed by atoms with Crippen LogP contribution in [-0.2, 0) is 0 Å². The number of hydrogen-bond donors (Lipinski definition) is 2. The molecule has 4 atom stereocenters. The van der Waals surface area contributed by atoms with Gasteiger partial charge < -0.3 is 10.2 Å². The maximum atomic E-state index is 9.84. The first-order valence-electron chi connectivity index (χ1n) is 9.80. The number of allylic oxidation sites excluding steroid dienone is 3. The summed E-state index contributed by atoms with van der Waals surface area (Å²) >= 11 is 0. The molecule has 2 nitrogen and oxygen atoms in total. The maximum absolute atomic E-state index is 9.84. The number of rotatable bonds is 6. The van der Waals surface area contributed by atoms with Crippen molar-refractivity contribution in [1.82, 2.24) is 0 Å². The standard InChI is InChI=1S/C12H22O.C10H20O/c1-5-6-9-12(4,13)10-7-8-11(2)3;1-7(2)9-5-4-8(3)6-10(9)11/h6,8-9,13H,5,7,10H2,1-4H3;7-11H,4-6H2,1-3H3. The molecule has 1 fully saturated rings. The third-order valence-electron chi connectivity index (χ3n) is 4.90. The van der Waals surface area contributed by atoms with E-state index in [1.165, 1.54) is 18.4 Å². The van der Waals surface area contributed by atoms with Gasteiger partial charge in [0.1, 0.15) is 0 Å². The van der Waals surface area contributed by atoms with E-state index < -0.39 is 5.60 Å². The molecule has 142 valence electrons. The zero-order chi connectivity index (χ0) is 18.8. The van der Waals surface area contributed by atoms with Crippen molar-refractivity contribution >= 4 is 0 Å². The zero-order valence-electron chi connectivity index (χ0n) is 17.2. The topological polar surface area (TPSA) is 40.5 Å². The third-order valence-corrected chi connectivity index (χ3v) is 4.90. The van der Waals surface area contributed by atoms with Gasteiger partial charge in [-0.15, -0.1) is 0 Å². The van der Waals surface area contributed by atoms with Crippen LogP contribution in [-0.4, -0.2) is 21.9 Å². The molecule has 0 aliphatic heterocycles. The minimum absolute atomic E-state index is 0.0289. The molecule has 0 spiro atoms. The molecular formula is C22H42O2. The van der Waals surface area contributed by atoms with Gasteiger partial charge in [-0.1, -0.05) is 57.9 Å². The van der Waals surface area contributed by atoms with E-state index in [0.29, 0.717) is 11.8 Å². The van der Waals surface area contributed by atoms with Crippen LogP contribution in [0.1, 0.15) is 87.0 Å². The molecule has 0 aromatic carbocycles. The Hall–Kier alpha value is -0.600. The van der Waals surface area contributed by atoms with Crippen LogP contribution in [0.3, 0.4) is 0 Å². The highest BCUT2D eigenvalue weighted by Gasteiger charge is 2.28. The lowest BCUT2D eigenvalue weighted by Gasteiger charge is -2.33. The Labute approximate surface area is 151 Å². The summed E-state index contributed by atoms with van der Waals surface area (Å²) in [6.45, 7) is 14.8. The van der Waals surface area contributed by atoms with Gasteiger partial charge in [-0.25, -0.2) is 0 Å². The van der Waals surface area contributed by atoms with Gasteiger partial charge in [-0.05, 0) is 70.6 Å². The molecule has 4 unspecified atom stereocenters. The molecule has 2 heteroatoms. The fraction of sp³-hybridized carbons (Fsp3) is 0.818. The molecule has 0 bridgehead atoms. The molecule has 0 heterocycles. The minimum atomic E-state index is -0.637. The average Bonchev–Trinajstić information content (AvgIpc) is 2.44. The molecule has 1 rings (SSSR count). The zero-order valence-corrected chi connectivity index (χ0v) is 17.2. The second-order valence-corrected chi connectivity index (χ2v) is 8.38. The number of aliphatic hydroxyl groups excluding tert-OH is 1. The van der Waals surface area contributed by atoms with E-state index >= 15 is 0 Å². The predicted molar refractivity (Wildman–Crippen MR) is 106 cm³/mol. The van der Waals surface area contributed by atoms with Crippen LogP contribution in [0.2, 0.25) is 0 Å². The van der Waals surface area contributed by atoms with Gasteiger partial charge in [0.2, 0.25) is 0 Å². The maximum Gasteiger partial charge on any atom is 0.0802 e. The lowest BCUT2D eigenvalue weighted by molar-refractivity contribution is 0.0266. The summed E-state index contributed by atoms with van der Waals surface area (Å²) in [4.78, 5) is 0. The van der Waals surface area contributed by atoms with Gasteiger partial charge in [0.05, 0.1) is 11.7 Å². The second-order valence-electron chi connectivity index (χ2n) is 8.38. The Morgan fingerprint density at radius 2 is 1.88 bits per heavy atom. The van der Waals surface area contributed by atoms with E-state index in [4.69, 9.17) is 0 Å². The van der Waals surface area contributed by atoms with Crippen LogP contribution in [0, 0.1) is 17.8 Å². The highest BCUT2D eigenvalue weighted by molar-refractivity contribution is 5.00. The van der Waals surface area contributed by atoms with E-state index in [9.17, 15) is 10.2 Å². The van der Waals surface area contributed by atoms with Gasteiger partial charge in [0, 0.05) is 0 Å². The van der Waals surface area contributed by atoms with Crippen molar-refractivity contribution in [3.8, 4) is 0 Å². The number of hydrogen-bond acceptors (Lipinski definition) is 2. The summed E-state index contributed by atoms with van der Waals surface area (Å²) < 4.78 is 0. The van der Waals surface area contributed by atoms with Crippen molar-refractivity contribution in [3.63, 3.8) is 0 Å². The first kappa shape index (κ1) is 23.4. The lowest BCUT2D eigenvalue weighted by atomic mass is 9.75. The van der Waals surface area contributed by atoms with E-state index in [2.05, 4.69) is 47.6 Å². The van der Waals surface area contributed by atoms with Gasteiger partial charge in [-0.2, -0.15) is 0 Å². The van der Waals surface area contributed by atoms with Crippen molar-refractivity contribution in [2.45, 2.75) is 98.7 Å². The van der Waals surface area contributed by atoms with Crippen molar-refractivity contribution in [2.75, 3.05) is 0 Å². The fourth-order valence-corrected chi connectivity index (χ4v) is 3.26. The van der Waals surface area contributed by atoms with Gasteiger partial charge in [0.25, 0.3) is 0 Å². The van der Waals surface area contributed by atoms with E-state index in [1.54, 1.807) is 0 Å². The van der Waals surface area contributed by atoms with Gasteiger partial charge in [0.15, 0.2) is 0 Å². The predicted octanol–water partition coefficient (Wildman–Crippen LogP) is 5.89. The number of aliphatic hydroxyl groups is 2. The smallest absolute Gasteiger partial charge is 0.0802 e. The van der Waals surface area contributed by atoms with Crippen LogP contribution in [0.15, 0.2) is 23.8 Å². The summed E-state index contributed by atoms with van der Waals surface area (Å²) in [7, 11) is 0. The van der Waals surface area contributed by atoms with Crippen LogP contribution in [0.4, 0.5) is 0 Å². The Balaban J connectivity index is 0.000000446. The molecule has 0 aromatic rings. The quantitative estimate of drug-likeness (QED) is 0.593. The summed E-state index contributed by atoms with van der Waals surface area (Å²) in [5.74, 6) is 1.95. The van der Waals surface area contributed by atoms with Gasteiger partial charge >= 0.3 is 0 Å². The first-order chi connectivity index (χ1) is 11.1. The molecule has 0 aromatic heterocycles. The molecule has 0 saturated heterocycles. The SMILES string of the molecule is CC1CCC(C(C)C)C(O)C1.CCC=CC(C)(O)CCC=C(C)C. The van der Waals surface area contributed by atoms with Crippen molar-refractivity contribution in [3.05, 3.63) is 23.8 Å². The summed E-state index contributed by atoms with van der Waals surface area (Å²) in [6.07, 6.45) is 12.3. The Kier molecular flexibility index (Phi) is 11.6. The normalized spacial score (nSPS) is 26.7. The van der Waals surface area contributed by atoms with E-state index in [0.717, 1.165) is 31.6 Å².